The highest BCUT2D eigenvalue weighted by Crippen LogP contribution is 2.20. The average Bonchev–Trinajstić information content (AvgIpc) is 2.56. The van der Waals surface area contributed by atoms with E-state index in [4.69, 9.17) is 0 Å². The van der Waals surface area contributed by atoms with Crippen LogP contribution < -0.4 is 4.90 Å². The summed E-state index contributed by atoms with van der Waals surface area (Å²) in [6.07, 6.45) is 0. The van der Waals surface area contributed by atoms with Crippen LogP contribution in [0.5, 0.6) is 0 Å². The van der Waals surface area contributed by atoms with E-state index in [2.05, 4.69) is 48.5 Å². The lowest BCUT2D eigenvalue weighted by molar-refractivity contribution is 0.712. The largest absolute Gasteiger partial charge is 0.343 e. The van der Waals surface area contributed by atoms with Gasteiger partial charge in [-0.3, -0.25) is 0 Å². The Morgan fingerprint density at radius 1 is 1.27 bits per heavy atom. The molecule has 0 N–H and O–H groups in total. The van der Waals surface area contributed by atoms with Crippen LogP contribution in [0.25, 0.3) is 11.0 Å². The minimum Gasteiger partial charge on any atom is -0.343 e. The Morgan fingerprint density at radius 2 is 1.93 bits per heavy atom. The van der Waals surface area contributed by atoms with Gasteiger partial charge in [-0.05, 0) is 26.0 Å². The van der Waals surface area contributed by atoms with Crippen molar-refractivity contribution in [1.82, 2.24) is 9.55 Å². The van der Waals surface area contributed by atoms with Gasteiger partial charge < -0.3 is 9.47 Å². The normalized spacial score (nSPS) is 11.3. The molecule has 1 aromatic carbocycles. The van der Waals surface area contributed by atoms with Gasteiger partial charge in [-0.25, -0.2) is 4.98 Å². The smallest absolute Gasteiger partial charge is 0.206 e. The van der Waals surface area contributed by atoms with Crippen molar-refractivity contribution in [3.8, 4) is 0 Å². The van der Waals surface area contributed by atoms with E-state index >= 15 is 0 Å². The van der Waals surface area contributed by atoms with Crippen molar-refractivity contribution in [2.24, 2.45) is 7.05 Å². The second-order valence-electron chi connectivity index (χ2n) is 4.16. The van der Waals surface area contributed by atoms with Crippen molar-refractivity contribution in [3.63, 3.8) is 0 Å². The van der Waals surface area contributed by atoms with E-state index in [1.54, 1.807) is 0 Å². The van der Waals surface area contributed by atoms with Gasteiger partial charge in [-0.1, -0.05) is 12.1 Å². The molecule has 2 aromatic rings. The van der Waals surface area contributed by atoms with Gasteiger partial charge in [0.05, 0.1) is 11.0 Å². The van der Waals surface area contributed by atoms with Crippen LogP contribution in [0.4, 0.5) is 5.95 Å². The molecule has 0 saturated carbocycles. The SMILES string of the molecule is CC(C)N(C)c1nc2ccccc2n1C. The van der Waals surface area contributed by atoms with Crippen LogP contribution >= 0.6 is 0 Å². The van der Waals surface area contributed by atoms with E-state index in [0.717, 1.165) is 11.5 Å². The maximum atomic E-state index is 4.62. The number of aryl methyl sites for hydroxylation is 1. The molecule has 0 saturated heterocycles. The van der Waals surface area contributed by atoms with Crippen LogP contribution in [-0.2, 0) is 7.05 Å². The molecule has 0 aliphatic rings. The fourth-order valence-electron chi connectivity index (χ4n) is 1.68. The standard InChI is InChI=1S/C12H17N3/c1-9(2)14(3)12-13-10-7-5-6-8-11(10)15(12)4/h5-9H,1-4H3. The summed E-state index contributed by atoms with van der Waals surface area (Å²) in [6.45, 7) is 4.33. The van der Waals surface area contributed by atoms with Gasteiger partial charge in [0.1, 0.15) is 0 Å². The summed E-state index contributed by atoms with van der Waals surface area (Å²) in [5.74, 6) is 1.02. The summed E-state index contributed by atoms with van der Waals surface area (Å²) in [5, 5.41) is 0. The fraction of sp³-hybridized carbons (Fsp3) is 0.417. The summed E-state index contributed by atoms with van der Waals surface area (Å²) < 4.78 is 2.13. The zero-order chi connectivity index (χ0) is 11.0. The van der Waals surface area contributed by atoms with Gasteiger partial charge in [-0.15, -0.1) is 0 Å². The zero-order valence-electron chi connectivity index (χ0n) is 9.73. The number of fused-ring (bicyclic) bond motifs is 1. The molecule has 2 rings (SSSR count). The minimum absolute atomic E-state index is 0.459. The molecule has 0 unspecified atom stereocenters. The maximum Gasteiger partial charge on any atom is 0.206 e. The molecular weight excluding hydrogens is 186 g/mol. The highest BCUT2D eigenvalue weighted by Gasteiger charge is 2.12. The van der Waals surface area contributed by atoms with Crippen LogP contribution in [0.3, 0.4) is 0 Å². The molecular formula is C12H17N3. The third-order valence-corrected chi connectivity index (χ3v) is 2.85. The molecule has 1 heterocycles. The van der Waals surface area contributed by atoms with Crippen LogP contribution in [0.1, 0.15) is 13.8 Å². The first-order chi connectivity index (χ1) is 7.11. The number of imidazole rings is 1. The van der Waals surface area contributed by atoms with E-state index in [1.807, 2.05) is 18.2 Å². The Hall–Kier alpha value is -1.51. The molecule has 0 aliphatic heterocycles. The molecule has 0 radical (unpaired) electrons. The molecule has 3 nitrogen and oxygen atoms in total. The summed E-state index contributed by atoms with van der Waals surface area (Å²) in [7, 11) is 4.13. The van der Waals surface area contributed by atoms with Crippen molar-refractivity contribution in [2.75, 3.05) is 11.9 Å². The molecule has 0 bridgehead atoms. The van der Waals surface area contributed by atoms with Gasteiger partial charge in [0, 0.05) is 20.1 Å². The summed E-state index contributed by atoms with van der Waals surface area (Å²) in [6, 6.07) is 8.67. The Balaban J connectivity index is 2.58. The van der Waals surface area contributed by atoms with E-state index in [9.17, 15) is 0 Å². The lowest BCUT2D eigenvalue weighted by Crippen LogP contribution is -2.28. The topological polar surface area (TPSA) is 21.1 Å². The first kappa shape index (κ1) is 10.0. The number of rotatable bonds is 2. The van der Waals surface area contributed by atoms with Gasteiger partial charge in [-0.2, -0.15) is 0 Å². The number of hydrogen-bond donors (Lipinski definition) is 0. The first-order valence-electron chi connectivity index (χ1n) is 5.25. The highest BCUT2D eigenvalue weighted by molar-refractivity contribution is 5.78. The molecule has 0 spiro atoms. The molecule has 15 heavy (non-hydrogen) atoms. The third kappa shape index (κ3) is 1.58. The number of para-hydroxylation sites is 2. The zero-order valence-corrected chi connectivity index (χ0v) is 9.73. The molecule has 0 amide bonds. The quantitative estimate of drug-likeness (QED) is 0.747. The Labute approximate surface area is 90.3 Å². The lowest BCUT2D eigenvalue weighted by atomic mass is 10.3. The van der Waals surface area contributed by atoms with Crippen molar-refractivity contribution >= 4 is 17.0 Å². The van der Waals surface area contributed by atoms with E-state index in [0.29, 0.717) is 6.04 Å². The van der Waals surface area contributed by atoms with Crippen molar-refractivity contribution in [2.45, 2.75) is 19.9 Å². The van der Waals surface area contributed by atoms with Crippen molar-refractivity contribution in [3.05, 3.63) is 24.3 Å². The maximum absolute atomic E-state index is 4.62. The summed E-state index contributed by atoms with van der Waals surface area (Å²) in [5.41, 5.74) is 2.24. The molecule has 0 aliphatic carbocycles. The van der Waals surface area contributed by atoms with Gasteiger partial charge in [0.15, 0.2) is 0 Å². The van der Waals surface area contributed by atoms with Gasteiger partial charge in [0.2, 0.25) is 5.95 Å². The fourth-order valence-corrected chi connectivity index (χ4v) is 1.68. The lowest BCUT2D eigenvalue weighted by Gasteiger charge is -2.22. The predicted octanol–water partition coefficient (Wildman–Crippen LogP) is 2.42. The van der Waals surface area contributed by atoms with Gasteiger partial charge in [0.25, 0.3) is 0 Å². The second-order valence-corrected chi connectivity index (χ2v) is 4.16. The molecule has 0 atom stereocenters. The molecule has 3 heteroatoms. The number of anilines is 1. The number of hydrogen-bond acceptors (Lipinski definition) is 2. The Morgan fingerprint density at radius 3 is 2.53 bits per heavy atom. The van der Waals surface area contributed by atoms with E-state index in [1.165, 1.54) is 5.52 Å². The van der Waals surface area contributed by atoms with Crippen LogP contribution in [0.2, 0.25) is 0 Å². The monoisotopic (exact) mass is 203 g/mol. The second kappa shape index (κ2) is 3.57. The van der Waals surface area contributed by atoms with Crippen LogP contribution in [0.15, 0.2) is 24.3 Å². The van der Waals surface area contributed by atoms with Crippen LogP contribution in [0, 0.1) is 0 Å². The summed E-state index contributed by atoms with van der Waals surface area (Å²) in [4.78, 5) is 6.80. The van der Waals surface area contributed by atoms with Crippen molar-refractivity contribution in [1.29, 1.82) is 0 Å². The van der Waals surface area contributed by atoms with Gasteiger partial charge >= 0.3 is 0 Å². The molecule has 1 aromatic heterocycles. The molecule has 0 fully saturated rings. The Kier molecular flexibility index (Phi) is 2.39. The van der Waals surface area contributed by atoms with Crippen LogP contribution in [-0.4, -0.2) is 22.6 Å². The Bertz CT molecular complexity index is 471. The number of nitrogens with zero attached hydrogens (tertiary/aromatic N) is 3. The van der Waals surface area contributed by atoms with E-state index < -0.39 is 0 Å². The van der Waals surface area contributed by atoms with E-state index in [-0.39, 0.29) is 0 Å². The third-order valence-electron chi connectivity index (χ3n) is 2.85. The predicted molar refractivity (Wildman–Crippen MR) is 64.3 cm³/mol. The molecule has 80 valence electrons. The number of aromatic nitrogens is 2. The first-order valence-corrected chi connectivity index (χ1v) is 5.25. The highest BCUT2D eigenvalue weighted by atomic mass is 15.3. The summed E-state index contributed by atoms with van der Waals surface area (Å²) >= 11 is 0. The minimum atomic E-state index is 0.459. The number of benzene rings is 1. The average molecular weight is 203 g/mol. The van der Waals surface area contributed by atoms with Crippen molar-refractivity contribution < 1.29 is 0 Å².